The molecule has 3 aromatic rings. The normalized spacial score (nSPS) is 24.5. The fourth-order valence-electron chi connectivity index (χ4n) is 6.46. The number of hydrogen-bond donors (Lipinski definition) is 4. The third kappa shape index (κ3) is 4.17. The molecule has 4 atom stereocenters. The predicted molar refractivity (Wildman–Crippen MR) is 149 cm³/mol. The van der Waals surface area contributed by atoms with E-state index in [1.54, 1.807) is 43.5 Å². The molecule has 1 spiro atoms. The molecule has 41 heavy (non-hydrogen) atoms. The van der Waals surface area contributed by atoms with Gasteiger partial charge in [0, 0.05) is 28.9 Å². The summed E-state index contributed by atoms with van der Waals surface area (Å²) in [5, 5.41) is 26.4. The fraction of sp³-hybridized carbons (Fsp3) is 0.300. The minimum atomic E-state index is -1.50. The minimum Gasteiger partial charge on any atom is -0.504 e. The van der Waals surface area contributed by atoms with Crippen molar-refractivity contribution in [3.05, 3.63) is 76.3 Å². The second kappa shape index (κ2) is 9.97. The van der Waals surface area contributed by atoms with Gasteiger partial charge in [-0.3, -0.25) is 24.6 Å². The van der Waals surface area contributed by atoms with E-state index in [1.165, 1.54) is 24.1 Å². The Morgan fingerprint density at radius 3 is 2.39 bits per heavy atom. The monoisotopic (exact) mass is 577 g/mol. The first-order valence-corrected chi connectivity index (χ1v) is 13.5. The van der Waals surface area contributed by atoms with Crippen LogP contribution in [0, 0.1) is 11.8 Å². The van der Waals surface area contributed by atoms with Crippen LogP contribution in [0.5, 0.6) is 23.0 Å². The topological polar surface area (TPSA) is 137 Å². The van der Waals surface area contributed by atoms with Crippen molar-refractivity contribution in [1.82, 2.24) is 10.2 Å². The number of imide groups is 1. The smallest absolute Gasteiger partial charge is 0.250 e. The van der Waals surface area contributed by atoms with Gasteiger partial charge >= 0.3 is 0 Å². The number of aromatic hydroxyl groups is 2. The molecular weight excluding hydrogens is 550 g/mol. The van der Waals surface area contributed by atoms with Crippen molar-refractivity contribution in [2.75, 3.05) is 26.1 Å². The Kier molecular flexibility index (Phi) is 6.55. The van der Waals surface area contributed by atoms with Crippen molar-refractivity contribution >= 4 is 35.0 Å². The van der Waals surface area contributed by atoms with E-state index in [4.69, 9.17) is 21.1 Å². The molecule has 4 N–H and O–H groups in total. The van der Waals surface area contributed by atoms with Gasteiger partial charge in [-0.25, -0.2) is 0 Å². The van der Waals surface area contributed by atoms with Gasteiger partial charge in [0.05, 0.1) is 26.1 Å². The number of halogens is 1. The van der Waals surface area contributed by atoms with Gasteiger partial charge in [-0.1, -0.05) is 23.7 Å². The zero-order valence-corrected chi connectivity index (χ0v) is 23.1. The van der Waals surface area contributed by atoms with Gasteiger partial charge in [0.25, 0.3) is 0 Å². The number of anilines is 1. The number of amides is 3. The molecule has 0 unspecified atom stereocenters. The molecule has 3 aliphatic rings. The van der Waals surface area contributed by atoms with Crippen molar-refractivity contribution in [1.29, 1.82) is 0 Å². The summed E-state index contributed by atoms with van der Waals surface area (Å²) < 4.78 is 10.7. The molecule has 3 heterocycles. The van der Waals surface area contributed by atoms with E-state index in [9.17, 15) is 24.6 Å². The van der Waals surface area contributed by atoms with Gasteiger partial charge in [0.2, 0.25) is 17.7 Å². The summed E-state index contributed by atoms with van der Waals surface area (Å²) in [7, 11) is 3.08. The van der Waals surface area contributed by atoms with E-state index in [0.717, 1.165) is 5.56 Å². The number of fused-ring (bicyclic) bond motifs is 4. The molecule has 6 rings (SSSR count). The zero-order chi connectivity index (χ0) is 29.1. The van der Waals surface area contributed by atoms with E-state index in [2.05, 4.69) is 10.6 Å². The zero-order valence-electron chi connectivity index (χ0n) is 22.3. The van der Waals surface area contributed by atoms with E-state index in [-0.39, 0.29) is 30.4 Å². The maximum atomic E-state index is 14.1. The quantitative estimate of drug-likeness (QED) is 0.248. The lowest BCUT2D eigenvalue weighted by atomic mass is 9.76. The van der Waals surface area contributed by atoms with Crippen molar-refractivity contribution in [3.8, 4) is 23.0 Å². The number of methoxy groups -OCH3 is 2. The number of carbonyl (C=O) groups is 3. The van der Waals surface area contributed by atoms with Crippen LogP contribution in [0.3, 0.4) is 0 Å². The Morgan fingerprint density at radius 1 is 0.902 bits per heavy atom. The molecule has 2 saturated heterocycles. The molecule has 11 heteroatoms. The molecule has 0 aromatic heterocycles. The van der Waals surface area contributed by atoms with Crippen LogP contribution in [0.2, 0.25) is 5.02 Å². The third-order valence-electron chi connectivity index (χ3n) is 8.34. The summed E-state index contributed by atoms with van der Waals surface area (Å²) in [6.07, 6.45) is 0.602. The predicted octanol–water partition coefficient (Wildman–Crippen LogP) is 2.97. The van der Waals surface area contributed by atoms with Crippen LogP contribution in [0.15, 0.2) is 54.6 Å². The van der Waals surface area contributed by atoms with Crippen molar-refractivity contribution < 1.29 is 34.1 Å². The van der Waals surface area contributed by atoms with Crippen LogP contribution in [0.4, 0.5) is 5.69 Å². The van der Waals surface area contributed by atoms with Gasteiger partial charge in [-0.2, -0.15) is 0 Å². The van der Waals surface area contributed by atoms with Crippen LogP contribution in [0.1, 0.15) is 16.7 Å². The standard InChI is InChI=1S/C30H28ClN3O7/c1-40-23-8-4-15(13-24(23)41-2)9-10-34-27(37)25-20(11-16-3-7-21(35)22(36)12-16)33-30(26(25)28(34)38)18-14-17(31)5-6-19(18)32-29(30)39/h3-8,12-14,20,25-26,33,35-36H,9-11H2,1-2H3,(H,32,39)/t20-,25+,26-,30-/m0/s1. The SMILES string of the molecule is COc1ccc(CCN2C(=O)[C@@H]3[C@H](Cc4ccc(O)c(O)c4)N[C@]4(C(=O)Nc5ccc(Cl)cc54)[C@@H]3C2=O)cc1OC. The van der Waals surface area contributed by atoms with Crippen molar-refractivity contribution in [3.63, 3.8) is 0 Å². The summed E-state index contributed by atoms with van der Waals surface area (Å²) in [6, 6.07) is 14.2. The number of nitrogens with zero attached hydrogens (tertiary/aromatic N) is 1. The first-order valence-electron chi connectivity index (χ1n) is 13.1. The van der Waals surface area contributed by atoms with E-state index in [0.29, 0.717) is 39.8 Å². The van der Waals surface area contributed by atoms with Crippen molar-refractivity contribution in [2.45, 2.75) is 24.4 Å². The van der Waals surface area contributed by atoms with Crippen LogP contribution in [0.25, 0.3) is 0 Å². The van der Waals surface area contributed by atoms with E-state index < -0.39 is 35.2 Å². The number of hydrogen-bond acceptors (Lipinski definition) is 8. The van der Waals surface area contributed by atoms with Crippen LogP contribution in [-0.4, -0.2) is 59.6 Å². The molecule has 0 radical (unpaired) electrons. The summed E-state index contributed by atoms with van der Waals surface area (Å²) in [5.74, 6) is -2.55. The molecule has 10 nitrogen and oxygen atoms in total. The maximum Gasteiger partial charge on any atom is 0.250 e. The highest BCUT2D eigenvalue weighted by molar-refractivity contribution is 6.31. The number of carbonyl (C=O) groups excluding carboxylic acids is 3. The third-order valence-corrected chi connectivity index (χ3v) is 8.57. The molecule has 0 aliphatic carbocycles. The van der Waals surface area contributed by atoms with Crippen LogP contribution >= 0.6 is 11.6 Å². The lowest BCUT2D eigenvalue weighted by Crippen LogP contribution is -2.53. The molecule has 3 amide bonds. The number of phenols is 2. The molecule has 0 saturated carbocycles. The Balaban J connectivity index is 1.36. The van der Waals surface area contributed by atoms with Gasteiger partial charge in [0.1, 0.15) is 5.54 Å². The molecule has 3 aliphatic heterocycles. The van der Waals surface area contributed by atoms with Gasteiger partial charge in [-0.15, -0.1) is 0 Å². The first kappa shape index (κ1) is 26.9. The van der Waals surface area contributed by atoms with Crippen molar-refractivity contribution in [2.24, 2.45) is 11.8 Å². The molecule has 0 bridgehead atoms. The Labute approximate surface area is 240 Å². The fourth-order valence-corrected chi connectivity index (χ4v) is 6.63. The lowest BCUT2D eigenvalue weighted by molar-refractivity contribution is -0.142. The number of rotatable bonds is 7. The summed E-state index contributed by atoms with van der Waals surface area (Å²) >= 11 is 6.33. The average Bonchev–Trinajstić information content (AvgIpc) is 3.53. The second-order valence-corrected chi connectivity index (χ2v) is 10.9. The van der Waals surface area contributed by atoms with Gasteiger partial charge < -0.3 is 25.0 Å². The summed E-state index contributed by atoms with van der Waals surface area (Å²) in [4.78, 5) is 43.0. The number of phenolic OH excluding ortho intramolecular Hbond substituents is 2. The average molecular weight is 578 g/mol. The lowest BCUT2D eigenvalue weighted by Gasteiger charge is -2.29. The van der Waals surface area contributed by atoms with Gasteiger partial charge in [-0.05, 0) is 66.4 Å². The Morgan fingerprint density at radius 2 is 1.66 bits per heavy atom. The second-order valence-electron chi connectivity index (χ2n) is 10.5. The van der Waals surface area contributed by atoms with E-state index in [1.807, 2.05) is 6.07 Å². The largest absolute Gasteiger partial charge is 0.504 e. The first-order chi connectivity index (χ1) is 19.7. The summed E-state index contributed by atoms with van der Waals surface area (Å²) in [6.45, 7) is 0.118. The highest BCUT2D eigenvalue weighted by Crippen LogP contribution is 2.53. The maximum absolute atomic E-state index is 14.1. The number of nitrogens with one attached hydrogen (secondary N) is 2. The molecular formula is C30H28ClN3O7. The molecule has 2 fully saturated rings. The molecule has 3 aromatic carbocycles. The highest BCUT2D eigenvalue weighted by Gasteiger charge is 2.70. The summed E-state index contributed by atoms with van der Waals surface area (Å²) in [5.41, 5.74) is 1.02. The van der Waals surface area contributed by atoms with Crippen LogP contribution < -0.4 is 20.1 Å². The number of benzene rings is 3. The van der Waals surface area contributed by atoms with E-state index >= 15 is 0 Å². The molecule has 212 valence electrons. The Bertz CT molecular complexity index is 1590. The van der Waals surface area contributed by atoms with Gasteiger partial charge in [0.15, 0.2) is 23.0 Å². The number of likely N-dealkylation sites (tertiary alicyclic amines) is 1. The minimum absolute atomic E-state index is 0.118. The number of ether oxygens (including phenoxy) is 2. The van der Waals surface area contributed by atoms with Crippen LogP contribution in [-0.2, 0) is 32.8 Å². The highest BCUT2D eigenvalue weighted by atomic mass is 35.5. The Hall–Kier alpha value is -4.28.